The van der Waals surface area contributed by atoms with Gasteiger partial charge in [0.05, 0.1) is 23.2 Å². The Kier molecular flexibility index (Phi) is 6.92. The van der Waals surface area contributed by atoms with Gasteiger partial charge in [-0.3, -0.25) is 0 Å². The van der Waals surface area contributed by atoms with Crippen LogP contribution in [0.5, 0.6) is 11.5 Å². The lowest BCUT2D eigenvalue weighted by atomic mass is 9.76. The third-order valence-electron chi connectivity index (χ3n) is 6.69. The number of allylic oxidation sites excluding steroid dienone is 2. The third kappa shape index (κ3) is 4.81. The Morgan fingerprint density at radius 2 is 1.89 bits per heavy atom. The summed E-state index contributed by atoms with van der Waals surface area (Å²) >= 11 is 15.9. The van der Waals surface area contributed by atoms with Gasteiger partial charge in [0, 0.05) is 27.2 Å². The standard InChI is InChI=1S/C27H21BrCl2F3NO2/c1-35-24-10-15(9-21(28)26(24)36-13-14-5-7-17(29)12-22(14)30)25-19-4-2-3-18(19)20-11-16(27(31,32)33)6-8-23(20)34-25/h2-3,5-12,18-19,25,34H,4,13H2,1H3/t18-,19-,25-/m0/s1. The maximum absolute atomic E-state index is 13.3. The van der Waals surface area contributed by atoms with E-state index in [-0.39, 0.29) is 24.5 Å². The largest absolute Gasteiger partial charge is 0.493 e. The van der Waals surface area contributed by atoms with Gasteiger partial charge in [-0.05, 0) is 81.9 Å². The molecule has 3 nitrogen and oxygen atoms in total. The average molecular weight is 599 g/mol. The van der Waals surface area contributed by atoms with E-state index in [1.54, 1.807) is 25.3 Å². The average Bonchev–Trinajstić information content (AvgIpc) is 3.33. The van der Waals surface area contributed by atoms with Gasteiger partial charge in [0.2, 0.25) is 0 Å². The monoisotopic (exact) mass is 597 g/mol. The topological polar surface area (TPSA) is 30.5 Å². The number of fused-ring (bicyclic) bond motifs is 3. The maximum atomic E-state index is 13.3. The number of methoxy groups -OCH3 is 1. The minimum atomic E-state index is -4.38. The van der Waals surface area contributed by atoms with E-state index in [2.05, 4.69) is 21.2 Å². The van der Waals surface area contributed by atoms with Crippen molar-refractivity contribution in [1.82, 2.24) is 0 Å². The van der Waals surface area contributed by atoms with Crippen molar-refractivity contribution in [3.8, 4) is 11.5 Å². The molecule has 1 aliphatic carbocycles. The van der Waals surface area contributed by atoms with Gasteiger partial charge in [0.15, 0.2) is 11.5 Å². The van der Waals surface area contributed by atoms with E-state index >= 15 is 0 Å². The van der Waals surface area contributed by atoms with Crippen LogP contribution in [0, 0.1) is 5.92 Å². The van der Waals surface area contributed by atoms with Gasteiger partial charge in [0.25, 0.3) is 0 Å². The lowest BCUT2D eigenvalue weighted by molar-refractivity contribution is -0.137. The number of rotatable bonds is 5. The summed E-state index contributed by atoms with van der Waals surface area (Å²) in [5, 5.41) is 4.53. The van der Waals surface area contributed by atoms with E-state index in [4.69, 9.17) is 32.7 Å². The normalized spacial score (nSPS) is 20.5. The van der Waals surface area contributed by atoms with Crippen molar-refractivity contribution < 1.29 is 22.6 Å². The lowest BCUT2D eigenvalue weighted by Gasteiger charge is -2.38. The van der Waals surface area contributed by atoms with Crippen molar-refractivity contribution >= 4 is 44.8 Å². The Bertz CT molecular complexity index is 1350. The minimum Gasteiger partial charge on any atom is -0.493 e. The second-order valence-electron chi connectivity index (χ2n) is 8.83. The Morgan fingerprint density at radius 3 is 2.61 bits per heavy atom. The van der Waals surface area contributed by atoms with E-state index in [1.165, 1.54) is 12.1 Å². The number of nitrogens with one attached hydrogen (secondary N) is 1. The first-order valence-electron chi connectivity index (χ1n) is 11.2. The van der Waals surface area contributed by atoms with Gasteiger partial charge in [0.1, 0.15) is 6.61 Å². The Balaban J connectivity index is 1.45. The zero-order chi connectivity index (χ0) is 25.6. The fraction of sp³-hybridized carbons (Fsp3) is 0.259. The summed E-state index contributed by atoms with van der Waals surface area (Å²) in [7, 11) is 1.57. The van der Waals surface area contributed by atoms with E-state index in [0.29, 0.717) is 37.3 Å². The first kappa shape index (κ1) is 25.3. The molecule has 0 aromatic heterocycles. The first-order chi connectivity index (χ1) is 17.2. The summed E-state index contributed by atoms with van der Waals surface area (Å²) in [6.45, 7) is 0.218. The quantitative estimate of drug-likeness (QED) is 0.297. The molecule has 5 rings (SSSR count). The Morgan fingerprint density at radius 1 is 1.08 bits per heavy atom. The number of alkyl halides is 3. The molecule has 0 bridgehead atoms. The summed E-state index contributed by atoms with van der Waals surface area (Å²) in [6, 6.07) is 12.9. The fourth-order valence-corrected chi connectivity index (χ4v) is 5.99. The van der Waals surface area contributed by atoms with Crippen LogP contribution in [-0.2, 0) is 12.8 Å². The highest BCUT2D eigenvalue weighted by atomic mass is 79.9. The Hall–Kier alpha value is -2.35. The van der Waals surface area contributed by atoms with Crippen LogP contribution in [0.1, 0.15) is 40.6 Å². The number of halogens is 6. The van der Waals surface area contributed by atoms with E-state index in [1.807, 2.05) is 24.3 Å². The van der Waals surface area contributed by atoms with Gasteiger partial charge in [-0.1, -0.05) is 41.4 Å². The molecule has 0 amide bonds. The van der Waals surface area contributed by atoms with Crippen LogP contribution in [-0.4, -0.2) is 7.11 Å². The first-order valence-corrected chi connectivity index (χ1v) is 12.8. The van der Waals surface area contributed by atoms with Crippen LogP contribution >= 0.6 is 39.1 Å². The molecule has 1 aliphatic heterocycles. The van der Waals surface area contributed by atoms with E-state index < -0.39 is 11.7 Å². The molecule has 36 heavy (non-hydrogen) atoms. The molecule has 188 valence electrons. The highest BCUT2D eigenvalue weighted by Crippen LogP contribution is 2.52. The molecule has 0 saturated carbocycles. The zero-order valence-corrected chi connectivity index (χ0v) is 22.1. The van der Waals surface area contributed by atoms with Crippen LogP contribution in [0.3, 0.4) is 0 Å². The third-order valence-corrected chi connectivity index (χ3v) is 7.86. The predicted octanol–water partition coefficient (Wildman–Crippen LogP) is 9.19. The highest BCUT2D eigenvalue weighted by molar-refractivity contribution is 9.10. The van der Waals surface area contributed by atoms with Crippen molar-refractivity contribution in [2.24, 2.45) is 5.92 Å². The molecule has 0 radical (unpaired) electrons. The molecule has 9 heteroatoms. The van der Waals surface area contributed by atoms with Gasteiger partial charge < -0.3 is 14.8 Å². The van der Waals surface area contributed by atoms with Crippen molar-refractivity contribution in [3.63, 3.8) is 0 Å². The van der Waals surface area contributed by atoms with Crippen LogP contribution in [0.4, 0.5) is 18.9 Å². The van der Waals surface area contributed by atoms with Gasteiger partial charge in [-0.2, -0.15) is 13.2 Å². The van der Waals surface area contributed by atoms with Crippen molar-refractivity contribution in [2.75, 3.05) is 12.4 Å². The Labute approximate surface area is 225 Å². The van der Waals surface area contributed by atoms with Crippen molar-refractivity contribution in [1.29, 1.82) is 0 Å². The number of ether oxygens (including phenoxy) is 2. The van der Waals surface area contributed by atoms with Crippen molar-refractivity contribution in [2.45, 2.75) is 31.2 Å². The molecule has 1 N–H and O–H groups in total. The molecule has 3 atom stereocenters. The summed E-state index contributed by atoms with van der Waals surface area (Å²) in [6.07, 6.45) is 0.426. The number of anilines is 1. The molecule has 3 aromatic rings. The molecule has 1 heterocycles. The van der Waals surface area contributed by atoms with E-state index in [0.717, 1.165) is 23.6 Å². The maximum Gasteiger partial charge on any atom is 0.416 e. The summed E-state index contributed by atoms with van der Waals surface area (Å²) in [4.78, 5) is 0. The molecule has 0 unspecified atom stereocenters. The molecular weight excluding hydrogens is 578 g/mol. The second-order valence-corrected chi connectivity index (χ2v) is 10.5. The van der Waals surface area contributed by atoms with Crippen LogP contribution in [0.2, 0.25) is 10.0 Å². The highest BCUT2D eigenvalue weighted by Gasteiger charge is 2.40. The number of benzene rings is 3. The molecule has 0 spiro atoms. The van der Waals surface area contributed by atoms with E-state index in [9.17, 15) is 13.2 Å². The van der Waals surface area contributed by atoms with Gasteiger partial charge in [-0.15, -0.1) is 0 Å². The van der Waals surface area contributed by atoms with Gasteiger partial charge in [-0.25, -0.2) is 0 Å². The van der Waals surface area contributed by atoms with Crippen LogP contribution < -0.4 is 14.8 Å². The van der Waals surface area contributed by atoms with Crippen LogP contribution in [0.25, 0.3) is 0 Å². The molecule has 0 saturated heterocycles. The van der Waals surface area contributed by atoms with Gasteiger partial charge >= 0.3 is 6.18 Å². The minimum absolute atomic E-state index is 0.0669. The smallest absolute Gasteiger partial charge is 0.416 e. The molecule has 3 aromatic carbocycles. The summed E-state index contributed by atoms with van der Waals surface area (Å²) in [5.41, 5.74) is 2.47. The molecule has 0 fully saturated rings. The lowest BCUT2D eigenvalue weighted by Crippen LogP contribution is -2.29. The fourth-order valence-electron chi connectivity index (χ4n) is 4.95. The zero-order valence-electron chi connectivity index (χ0n) is 19.0. The summed E-state index contributed by atoms with van der Waals surface area (Å²) in [5.74, 6) is 1.02. The molecule has 2 aliphatic rings. The predicted molar refractivity (Wildman–Crippen MR) is 139 cm³/mol. The second kappa shape index (κ2) is 9.84. The number of hydrogen-bond acceptors (Lipinski definition) is 3. The SMILES string of the molecule is COc1cc([C@@H]2Nc3ccc(C(F)(F)F)cc3[C@H]3C=CC[C@@H]32)cc(Br)c1OCc1ccc(Cl)cc1Cl. The van der Waals surface area contributed by atoms with Crippen molar-refractivity contribution in [3.05, 3.63) is 97.5 Å². The number of hydrogen-bond donors (Lipinski definition) is 1. The van der Waals surface area contributed by atoms with Crippen LogP contribution in [0.15, 0.2) is 65.2 Å². The molecular formula is C27H21BrCl2F3NO2. The summed E-state index contributed by atoms with van der Waals surface area (Å²) < 4.78 is 52.4.